The van der Waals surface area contributed by atoms with Gasteiger partial charge >= 0.3 is 0 Å². The molecule has 1 unspecified atom stereocenters. The van der Waals surface area contributed by atoms with Gasteiger partial charge in [-0.3, -0.25) is 4.79 Å². The Morgan fingerprint density at radius 3 is 2.67 bits per heavy atom. The third-order valence-electron chi connectivity index (χ3n) is 4.05. The van der Waals surface area contributed by atoms with Crippen LogP contribution in [0.4, 0.5) is 4.39 Å². The normalized spacial score (nSPS) is 17.1. The summed E-state index contributed by atoms with van der Waals surface area (Å²) >= 11 is 5.80. The van der Waals surface area contributed by atoms with E-state index in [4.69, 9.17) is 21.4 Å². The average molecular weight is 350 g/mol. The van der Waals surface area contributed by atoms with Crippen molar-refractivity contribution in [3.63, 3.8) is 0 Å². The highest BCUT2D eigenvalue weighted by molar-refractivity contribution is 6.30. The molecule has 6 heteroatoms. The molecule has 0 aliphatic carbocycles. The molecule has 1 amide bonds. The minimum atomic E-state index is -0.603. The van der Waals surface area contributed by atoms with E-state index in [-0.39, 0.29) is 29.7 Å². The molecule has 2 aromatic carbocycles. The number of amides is 1. The number of carbonyl (C=O) groups excluding carboxylic acids is 1. The van der Waals surface area contributed by atoms with Crippen molar-refractivity contribution in [3.8, 4) is 11.5 Å². The van der Waals surface area contributed by atoms with Crippen molar-refractivity contribution in [1.82, 2.24) is 4.90 Å². The molecule has 24 heavy (non-hydrogen) atoms. The second kappa shape index (κ2) is 7.20. The molecule has 0 bridgehead atoms. The number of nitrogens with zero attached hydrogens (tertiary/aromatic N) is 1. The maximum Gasteiger partial charge on any atom is 0.253 e. The summed E-state index contributed by atoms with van der Waals surface area (Å²) in [5, 5.41) is 9.72. The van der Waals surface area contributed by atoms with Crippen LogP contribution in [0.25, 0.3) is 0 Å². The van der Waals surface area contributed by atoms with Crippen LogP contribution in [0.1, 0.15) is 16.8 Å². The molecule has 126 valence electrons. The lowest BCUT2D eigenvalue weighted by Gasteiger charge is -2.16. The molecular formula is C18H17ClFNO3. The number of hydrogen-bond acceptors (Lipinski definition) is 3. The fourth-order valence-corrected chi connectivity index (χ4v) is 2.82. The topological polar surface area (TPSA) is 49.8 Å². The number of halogens is 2. The van der Waals surface area contributed by atoms with Crippen LogP contribution < -0.4 is 4.74 Å². The molecule has 0 spiro atoms. The SMILES string of the molecule is O=C(c1ccc(Oc2ccc(Cl)cc2)c(F)c1)N1CCC(CO)C1. The second-order valence-electron chi connectivity index (χ2n) is 5.79. The highest BCUT2D eigenvalue weighted by Crippen LogP contribution is 2.27. The third kappa shape index (κ3) is 3.68. The fourth-order valence-electron chi connectivity index (χ4n) is 2.69. The molecule has 0 aromatic heterocycles. The molecule has 1 aliphatic heterocycles. The predicted molar refractivity (Wildman–Crippen MR) is 89.0 cm³/mol. The lowest BCUT2D eigenvalue weighted by Crippen LogP contribution is -2.29. The molecular weight excluding hydrogens is 333 g/mol. The molecule has 1 atom stereocenters. The Hall–Kier alpha value is -2.11. The van der Waals surface area contributed by atoms with E-state index in [0.29, 0.717) is 23.9 Å². The summed E-state index contributed by atoms with van der Waals surface area (Å²) in [6.07, 6.45) is 0.766. The molecule has 1 N–H and O–H groups in total. The minimum absolute atomic E-state index is 0.0449. The van der Waals surface area contributed by atoms with Crippen LogP contribution in [-0.2, 0) is 0 Å². The van der Waals surface area contributed by atoms with Crippen molar-refractivity contribution >= 4 is 17.5 Å². The zero-order valence-corrected chi connectivity index (χ0v) is 13.7. The number of likely N-dealkylation sites (tertiary alicyclic amines) is 1. The van der Waals surface area contributed by atoms with E-state index in [1.807, 2.05) is 0 Å². The van der Waals surface area contributed by atoms with Crippen molar-refractivity contribution < 1.29 is 19.0 Å². The van der Waals surface area contributed by atoms with Crippen LogP contribution in [0.5, 0.6) is 11.5 Å². The Morgan fingerprint density at radius 2 is 2.04 bits per heavy atom. The van der Waals surface area contributed by atoms with E-state index in [0.717, 1.165) is 6.42 Å². The van der Waals surface area contributed by atoms with Gasteiger partial charge in [0, 0.05) is 36.2 Å². The maximum atomic E-state index is 14.2. The molecule has 0 saturated carbocycles. The lowest BCUT2D eigenvalue weighted by atomic mass is 10.1. The standard InChI is InChI=1S/C18H17ClFNO3/c19-14-2-4-15(5-3-14)24-17-6-1-13(9-16(17)20)18(23)21-8-7-12(10-21)11-22/h1-6,9,12,22H,7-8,10-11H2. The number of aliphatic hydroxyl groups is 1. The number of hydrogen-bond donors (Lipinski definition) is 1. The third-order valence-corrected chi connectivity index (χ3v) is 4.30. The summed E-state index contributed by atoms with van der Waals surface area (Å²) in [6, 6.07) is 10.7. The molecule has 1 heterocycles. The first-order valence-corrected chi connectivity index (χ1v) is 8.07. The Labute approximate surface area is 144 Å². The molecule has 3 rings (SSSR count). The first-order chi connectivity index (χ1) is 11.6. The van der Waals surface area contributed by atoms with Gasteiger partial charge in [0.25, 0.3) is 5.91 Å². The quantitative estimate of drug-likeness (QED) is 0.915. The van der Waals surface area contributed by atoms with Crippen LogP contribution in [0.15, 0.2) is 42.5 Å². The zero-order valence-electron chi connectivity index (χ0n) is 12.9. The van der Waals surface area contributed by atoms with E-state index >= 15 is 0 Å². The molecule has 1 aliphatic rings. The summed E-state index contributed by atoms with van der Waals surface area (Å²) in [5.41, 5.74) is 0.273. The predicted octanol–water partition coefficient (Wildman–Crippen LogP) is 3.73. The van der Waals surface area contributed by atoms with Crippen LogP contribution in [0.2, 0.25) is 5.02 Å². The monoisotopic (exact) mass is 349 g/mol. The molecule has 1 saturated heterocycles. The van der Waals surface area contributed by atoms with Gasteiger partial charge in [0.15, 0.2) is 11.6 Å². The Kier molecular flexibility index (Phi) is 5.02. The highest BCUT2D eigenvalue weighted by Gasteiger charge is 2.26. The van der Waals surface area contributed by atoms with Crippen LogP contribution in [0, 0.1) is 11.7 Å². The number of aliphatic hydroxyl groups excluding tert-OH is 1. The van der Waals surface area contributed by atoms with Gasteiger partial charge in [-0.15, -0.1) is 0 Å². The van der Waals surface area contributed by atoms with E-state index in [2.05, 4.69) is 0 Å². The van der Waals surface area contributed by atoms with E-state index in [9.17, 15) is 9.18 Å². The second-order valence-corrected chi connectivity index (χ2v) is 6.23. The van der Waals surface area contributed by atoms with Crippen molar-refractivity contribution in [3.05, 3.63) is 58.9 Å². The zero-order chi connectivity index (χ0) is 17.1. The summed E-state index contributed by atoms with van der Waals surface area (Å²) in [7, 11) is 0. The van der Waals surface area contributed by atoms with Crippen LogP contribution >= 0.6 is 11.6 Å². The van der Waals surface area contributed by atoms with Crippen LogP contribution in [-0.4, -0.2) is 35.6 Å². The summed E-state index contributed by atoms with van der Waals surface area (Å²) in [4.78, 5) is 14.0. The number of rotatable bonds is 4. The largest absolute Gasteiger partial charge is 0.454 e. The molecule has 1 fully saturated rings. The van der Waals surface area contributed by atoms with E-state index in [1.54, 1.807) is 35.2 Å². The van der Waals surface area contributed by atoms with Gasteiger partial charge in [-0.25, -0.2) is 4.39 Å². The lowest BCUT2D eigenvalue weighted by molar-refractivity contribution is 0.0781. The highest BCUT2D eigenvalue weighted by atomic mass is 35.5. The van der Waals surface area contributed by atoms with Gasteiger partial charge in [0.05, 0.1) is 0 Å². The van der Waals surface area contributed by atoms with Crippen molar-refractivity contribution in [2.45, 2.75) is 6.42 Å². The van der Waals surface area contributed by atoms with E-state index < -0.39 is 5.82 Å². The van der Waals surface area contributed by atoms with Crippen molar-refractivity contribution in [1.29, 1.82) is 0 Å². The van der Waals surface area contributed by atoms with E-state index in [1.165, 1.54) is 12.1 Å². The number of benzene rings is 2. The maximum absolute atomic E-state index is 14.2. The smallest absolute Gasteiger partial charge is 0.253 e. The van der Waals surface area contributed by atoms with Crippen molar-refractivity contribution in [2.24, 2.45) is 5.92 Å². The summed E-state index contributed by atoms with van der Waals surface area (Å²) in [6.45, 7) is 1.14. The minimum Gasteiger partial charge on any atom is -0.454 e. The Bertz CT molecular complexity index is 736. The average Bonchev–Trinajstić information content (AvgIpc) is 3.07. The Balaban J connectivity index is 1.72. The van der Waals surface area contributed by atoms with Gasteiger partial charge in [0.1, 0.15) is 5.75 Å². The number of carbonyl (C=O) groups is 1. The molecule has 4 nitrogen and oxygen atoms in total. The van der Waals surface area contributed by atoms with Crippen molar-refractivity contribution in [2.75, 3.05) is 19.7 Å². The fraction of sp³-hybridized carbons (Fsp3) is 0.278. The van der Waals surface area contributed by atoms with Gasteiger partial charge in [0.2, 0.25) is 0 Å². The van der Waals surface area contributed by atoms with Crippen LogP contribution in [0.3, 0.4) is 0 Å². The van der Waals surface area contributed by atoms with Gasteiger partial charge in [-0.1, -0.05) is 11.6 Å². The summed E-state index contributed by atoms with van der Waals surface area (Å²) < 4.78 is 19.7. The summed E-state index contributed by atoms with van der Waals surface area (Å²) in [5.74, 6) is -0.228. The van der Waals surface area contributed by atoms with Gasteiger partial charge in [-0.2, -0.15) is 0 Å². The molecule has 0 radical (unpaired) electrons. The van der Waals surface area contributed by atoms with Gasteiger partial charge < -0.3 is 14.7 Å². The van der Waals surface area contributed by atoms with Gasteiger partial charge in [-0.05, 0) is 48.9 Å². The Morgan fingerprint density at radius 1 is 1.29 bits per heavy atom. The first kappa shape index (κ1) is 16.7. The first-order valence-electron chi connectivity index (χ1n) is 7.70. The number of ether oxygens (including phenoxy) is 1. The molecule has 2 aromatic rings.